The van der Waals surface area contributed by atoms with Crippen molar-refractivity contribution in [2.24, 2.45) is 0 Å². The van der Waals surface area contributed by atoms with Gasteiger partial charge in [0.2, 0.25) is 35.4 Å². The quantitative estimate of drug-likeness (QED) is 0.0586. The number of thioether (sulfide) groups is 1. The number of imide groups is 1. The number of hydrogen-bond acceptors (Lipinski definition) is 9. The van der Waals surface area contributed by atoms with Gasteiger partial charge in [0.25, 0.3) is 0 Å². The number of likely N-dealkylation sites (tertiary alicyclic amines) is 1. The third-order valence-electron chi connectivity index (χ3n) is 6.45. The first-order chi connectivity index (χ1) is 19.3. The van der Waals surface area contributed by atoms with Gasteiger partial charge in [0.05, 0.1) is 11.1 Å². The van der Waals surface area contributed by atoms with Crippen LogP contribution in [0.15, 0.2) is 0 Å². The van der Waals surface area contributed by atoms with Crippen molar-refractivity contribution < 1.29 is 33.6 Å². The zero-order valence-corrected chi connectivity index (χ0v) is 26.2. The van der Waals surface area contributed by atoms with Gasteiger partial charge in [-0.05, 0) is 59.1 Å². The fourth-order valence-corrected chi connectivity index (χ4v) is 5.01. The second-order valence-electron chi connectivity index (χ2n) is 10.3. The Morgan fingerprint density at radius 1 is 0.829 bits per heavy atom. The Hall–Kier alpha value is -2.61. The molecule has 12 nitrogen and oxygen atoms in total. The number of rotatable bonds is 20. The number of carbonyl (C=O) groups is 7. The molecule has 0 aromatic rings. The molecule has 41 heavy (non-hydrogen) atoms. The van der Waals surface area contributed by atoms with Gasteiger partial charge in [-0.25, -0.2) is 0 Å². The molecule has 0 aromatic carbocycles. The van der Waals surface area contributed by atoms with Crippen molar-refractivity contribution in [3.8, 4) is 0 Å². The Balaban J connectivity index is 2.21. The molecule has 0 saturated carbocycles. The molecule has 0 radical (unpaired) electrons. The SMILES string of the molecule is CC(=O)CCCCCSCNC(=O)C(C)NC(=O)C(C)NC(=O)C(C)NC(=O)CCCCCN1C(=O)CC(S)C1=O. The maximum Gasteiger partial charge on any atom is 0.242 e. The van der Waals surface area contributed by atoms with E-state index >= 15 is 0 Å². The Morgan fingerprint density at radius 2 is 1.39 bits per heavy atom. The molecule has 1 rings (SSSR count). The van der Waals surface area contributed by atoms with E-state index in [1.165, 1.54) is 18.7 Å². The van der Waals surface area contributed by atoms with E-state index in [1.807, 2.05) is 0 Å². The average Bonchev–Trinajstić information content (AvgIpc) is 3.14. The molecule has 1 saturated heterocycles. The first-order valence-corrected chi connectivity index (χ1v) is 15.8. The Labute approximate surface area is 252 Å². The topological polar surface area (TPSA) is 171 Å². The van der Waals surface area contributed by atoms with Crippen LogP contribution in [-0.2, 0) is 33.6 Å². The smallest absolute Gasteiger partial charge is 0.242 e. The molecular formula is C27H45N5O7S2. The van der Waals surface area contributed by atoms with Crippen LogP contribution in [0.25, 0.3) is 0 Å². The molecule has 4 unspecified atom stereocenters. The highest BCUT2D eigenvalue weighted by Crippen LogP contribution is 2.18. The number of amides is 6. The summed E-state index contributed by atoms with van der Waals surface area (Å²) in [5, 5.41) is 9.87. The summed E-state index contributed by atoms with van der Waals surface area (Å²) in [6.45, 7) is 6.43. The van der Waals surface area contributed by atoms with E-state index in [1.54, 1.807) is 25.6 Å². The number of unbranched alkanes of at least 4 members (excludes halogenated alkanes) is 4. The molecule has 1 aliphatic heterocycles. The first-order valence-electron chi connectivity index (χ1n) is 14.1. The van der Waals surface area contributed by atoms with Gasteiger partial charge in [-0.1, -0.05) is 12.8 Å². The number of nitrogens with one attached hydrogen (secondary N) is 4. The van der Waals surface area contributed by atoms with Crippen LogP contribution >= 0.6 is 24.4 Å². The number of hydrogen-bond donors (Lipinski definition) is 5. The lowest BCUT2D eigenvalue weighted by Crippen LogP contribution is -2.54. The summed E-state index contributed by atoms with van der Waals surface area (Å²) in [5.74, 6) is -0.789. The molecule has 6 amide bonds. The van der Waals surface area contributed by atoms with Crippen LogP contribution in [0.1, 0.15) is 85.5 Å². The molecule has 14 heteroatoms. The van der Waals surface area contributed by atoms with Gasteiger partial charge in [-0.2, -0.15) is 12.6 Å². The van der Waals surface area contributed by atoms with Gasteiger partial charge in [-0.3, -0.25) is 33.7 Å². The second kappa shape index (κ2) is 19.5. The highest BCUT2D eigenvalue weighted by molar-refractivity contribution is 7.99. The zero-order chi connectivity index (χ0) is 30.9. The van der Waals surface area contributed by atoms with E-state index in [0.29, 0.717) is 38.1 Å². The van der Waals surface area contributed by atoms with Crippen LogP contribution in [0.2, 0.25) is 0 Å². The average molecular weight is 616 g/mol. The van der Waals surface area contributed by atoms with E-state index in [2.05, 4.69) is 33.9 Å². The summed E-state index contributed by atoms with van der Waals surface area (Å²) >= 11 is 5.65. The van der Waals surface area contributed by atoms with Crippen LogP contribution in [-0.4, -0.2) is 87.7 Å². The first kappa shape index (κ1) is 36.4. The maximum atomic E-state index is 12.4. The minimum atomic E-state index is -0.922. The van der Waals surface area contributed by atoms with Crippen molar-refractivity contribution in [3.63, 3.8) is 0 Å². The van der Waals surface area contributed by atoms with Gasteiger partial charge >= 0.3 is 0 Å². The standard InChI is InChI=1S/C27H45N5O7S2/c1-17(33)11-7-6-10-14-41-16-28-24(36)18(2)30-26(38)20(4)31-25(37)19(3)29-22(34)12-8-5-9-13-32-23(35)15-21(40)27(32)39/h18-21,40H,5-16H2,1-4H3,(H,28,36)(H,29,34)(H,30,38)(H,31,37). The minimum Gasteiger partial charge on any atom is -0.345 e. The van der Waals surface area contributed by atoms with Crippen molar-refractivity contribution in [2.75, 3.05) is 18.2 Å². The molecule has 1 aliphatic rings. The van der Waals surface area contributed by atoms with Gasteiger partial charge in [-0.15, -0.1) is 11.8 Å². The molecule has 0 aliphatic carbocycles. The van der Waals surface area contributed by atoms with Crippen LogP contribution in [0, 0.1) is 0 Å². The zero-order valence-electron chi connectivity index (χ0n) is 24.5. The second-order valence-corrected chi connectivity index (χ2v) is 12.0. The lowest BCUT2D eigenvalue weighted by Gasteiger charge is -2.20. The van der Waals surface area contributed by atoms with Crippen molar-refractivity contribution in [1.82, 2.24) is 26.2 Å². The van der Waals surface area contributed by atoms with E-state index in [9.17, 15) is 33.6 Å². The highest BCUT2D eigenvalue weighted by Gasteiger charge is 2.35. The third kappa shape index (κ3) is 14.7. The lowest BCUT2D eigenvalue weighted by atomic mass is 10.1. The van der Waals surface area contributed by atoms with Gasteiger partial charge < -0.3 is 26.1 Å². The minimum absolute atomic E-state index is 0.115. The van der Waals surface area contributed by atoms with E-state index in [4.69, 9.17) is 0 Å². The van der Waals surface area contributed by atoms with Crippen LogP contribution < -0.4 is 21.3 Å². The molecule has 0 aromatic heterocycles. The number of thiol groups is 1. The number of ketones is 1. The van der Waals surface area contributed by atoms with E-state index < -0.39 is 35.2 Å². The van der Waals surface area contributed by atoms with Gasteiger partial charge in [0.1, 0.15) is 23.9 Å². The molecule has 0 bridgehead atoms. The molecule has 0 spiro atoms. The third-order valence-corrected chi connectivity index (χ3v) is 7.78. The summed E-state index contributed by atoms with van der Waals surface area (Å²) in [6, 6.07) is -2.59. The largest absolute Gasteiger partial charge is 0.345 e. The molecule has 4 atom stereocenters. The number of nitrogens with zero attached hydrogens (tertiary/aromatic N) is 1. The Morgan fingerprint density at radius 3 is 1.98 bits per heavy atom. The monoisotopic (exact) mass is 615 g/mol. The predicted octanol–water partition coefficient (Wildman–Crippen LogP) is 1.07. The van der Waals surface area contributed by atoms with Crippen molar-refractivity contribution >= 4 is 65.6 Å². The van der Waals surface area contributed by atoms with E-state index in [0.717, 1.165) is 25.0 Å². The van der Waals surface area contributed by atoms with Gasteiger partial charge in [0.15, 0.2) is 0 Å². The molecule has 232 valence electrons. The Bertz CT molecular complexity index is 949. The maximum absolute atomic E-state index is 12.4. The van der Waals surface area contributed by atoms with Crippen LogP contribution in [0.3, 0.4) is 0 Å². The fourth-order valence-electron chi connectivity index (χ4n) is 3.92. The van der Waals surface area contributed by atoms with Crippen LogP contribution in [0.5, 0.6) is 0 Å². The summed E-state index contributed by atoms with van der Waals surface area (Å²) < 4.78 is 0. The van der Waals surface area contributed by atoms with Crippen LogP contribution in [0.4, 0.5) is 0 Å². The molecule has 1 fully saturated rings. The highest BCUT2D eigenvalue weighted by atomic mass is 32.2. The molecule has 1 heterocycles. The predicted molar refractivity (Wildman–Crippen MR) is 160 cm³/mol. The lowest BCUT2D eigenvalue weighted by molar-refractivity contribution is -0.138. The molecular weight excluding hydrogens is 570 g/mol. The van der Waals surface area contributed by atoms with E-state index in [-0.39, 0.29) is 42.3 Å². The number of Topliss-reactive ketones (excluding diaryl/α,β-unsaturated/α-hetero) is 1. The summed E-state index contributed by atoms with van der Waals surface area (Å²) in [6.07, 6.45) is 5.41. The Kier molecular flexibility index (Phi) is 17.3. The van der Waals surface area contributed by atoms with Crippen molar-refractivity contribution in [2.45, 2.75) is 109 Å². The summed E-state index contributed by atoms with van der Waals surface area (Å²) in [4.78, 5) is 85.1. The van der Waals surface area contributed by atoms with Crippen molar-refractivity contribution in [1.29, 1.82) is 0 Å². The van der Waals surface area contributed by atoms with Crippen molar-refractivity contribution in [3.05, 3.63) is 0 Å². The van der Waals surface area contributed by atoms with Gasteiger partial charge in [0, 0.05) is 25.8 Å². The summed E-state index contributed by atoms with van der Waals surface area (Å²) in [7, 11) is 0. The summed E-state index contributed by atoms with van der Waals surface area (Å²) in [5.41, 5.74) is 0. The fraction of sp³-hybridized carbons (Fsp3) is 0.741. The normalized spacial score (nSPS) is 17.0. The molecule has 4 N–H and O–H groups in total. The number of carbonyl (C=O) groups excluding carboxylic acids is 7.